The van der Waals surface area contributed by atoms with Crippen LogP contribution in [0.1, 0.15) is 63.8 Å². The highest BCUT2D eigenvalue weighted by atomic mass is 16.6. The highest BCUT2D eigenvalue weighted by molar-refractivity contribution is 5.97. The van der Waals surface area contributed by atoms with E-state index in [4.69, 9.17) is 9.68 Å². The number of pyridine rings is 2. The molecule has 0 bridgehead atoms. The largest absolute Gasteiger partial charge is 0.399 e. The lowest BCUT2D eigenvalue weighted by Crippen LogP contribution is -2.04. The van der Waals surface area contributed by atoms with Crippen molar-refractivity contribution in [3.05, 3.63) is 59.2 Å². The van der Waals surface area contributed by atoms with E-state index in [1.807, 2.05) is 50.2 Å². The molecule has 2 heterocycles. The van der Waals surface area contributed by atoms with E-state index in [-0.39, 0.29) is 5.41 Å². The molecule has 30 heavy (non-hydrogen) atoms. The van der Waals surface area contributed by atoms with Gasteiger partial charge in [-0.2, -0.15) is 0 Å². The minimum absolute atomic E-state index is 0.0619. The van der Waals surface area contributed by atoms with E-state index in [1.54, 1.807) is 0 Å². The summed E-state index contributed by atoms with van der Waals surface area (Å²) in [4.78, 5) is 19.4. The van der Waals surface area contributed by atoms with Crippen LogP contribution in [-0.2, 0) is 16.1 Å². The summed E-state index contributed by atoms with van der Waals surface area (Å²) >= 11 is 0. The Morgan fingerprint density at radius 3 is 2.33 bits per heavy atom. The summed E-state index contributed by atoms with van der Waals surface area (Å²) in [5.41, 5.74) is 4.69. The average Bonchev–Trinajstić information content (AvgIpc) is 2.72. The second kappa shape index (κ2) is 11.1. The Hall–Kier alpha value is -3.20. The normalized spacial score (nSPS) is 12.2. The highest BCUT2D eigenvalue weighted by Gasteiger charge is 2.05. The van der Waals surface area contributed by atoms with E-state index >= 15 is 0 Å². The second-order valence-electron chi connectivity index (χ2n) is 7.89. The van der Waals surface area contributed by atoms with Gasteiger partial charge >= 0.3 is 0 Å². The number of aryl methyl sites for hydroxylation is 1. The van der Waals surface area contributed by atoms with Gasteiger partial charge in [0.2, 0.25) is 0 Å². The molecule has 158 valence electrons. The summed E-state index contributed by atoms with van der Waals surface area (Å²) in [5.74, 6) is 6.31. The fraction of sp³-hybridized carbons (Fsp3) is 0.417. The zero-order chi connectivity index (χ0) is 22.0. The zero-order valence-electron chi connectivity index (χ0n) is 18.7. The van der Waals surface area contributed by atoms with Crippen molar-refractivity contribution in [2.45, 2.75) is 47.5 Å². The first-order valence-corrected chi connectivity index (χ1v) is 10.00. The fourth-order valence-corrected chi connectivity index (χ4v) is 2.47. The van der Waals surface area contributed by atoms with Gasteiger partial charge in [0.05, 0.1) is 11.4 Å². The van der Waals surface area contributed by atoms with Crippen molar-refractivity contribution in [2.24, 2.45) is 15.7 Å². The lowest BCUT2D eigenvalue weighted by Gasteiger charge is -2.07. The summed E-state index contributed by atoms with van der Waals surface area (Å²) in [5, 5.41) is 8.12. The number of rotatable bonds is 8. The standard InChI is InChI=1S/C24H30N4O2/c1-18(27-29-6)22-13-7-10-20(25-22)12-9-17-30-28-19(2)23-14-8-11-21(26-23)15-16-24(3,4)5/h7-8,10-11,13-14H,9,12,17H2,1-6H3. The molecule has 0 unspecified atom stereocenters. The summed E-state index contributed by atoms with van der Waals surface area (Å²) < 4.78 is 0. The first-order chi connectivity index (χ1) is 14.3. The molecule has 6 heteroatoms. The van der Waals surface area contributed by atoms with Crippen LogP contribution < -0.4 is 0 Å². The second-order valence-corrected chi connectivity index (χ2v) is 7.89. The molecule has 0 aliphatic carbocycles. The molecule has 0 saturated carbocycles. The minimum atomic E-state index is -0.0619. The Balaban J connectivity index is 1.88. The van der Waals surface area contributed by atoms with Gasteiger partial charge < -0.3 is 9.68 Å². The van der Waals surface area contributed by atoms with E-state index in [1.165, 1.54) is 7.11 Å². The van der Waals surface area contributed by atoms with Crippen molar-refractivity contribution in [2.75, 3.05) is 13.7 Å². The third-order valence-corrected chi connectivity index (χ3v) is 3.96. The van der Waals surface area contributed by atoms with Gasteiger partial charge in [-0.15, -0.1) is 0 Å². The van der Waals surface area contributed by atoms with E-state index < -0.39 is 0 Å². The lowest BCUT2D eigenvalue weighted by atomic mass is 9.98. The molecule has 2 aromatic heterocycles. The van der Waals surface area contributed by atoms with Crippen LogP contribution in [0.5, 0.6) is 0 Å². The van der Waals surface area contributed by atoms with Crippen molar-refractivity contribution < 1.29 is 9.68 Å². The Labute approximate surface area is 179 Å². The molecule has 0 saturated heterocycles. The molecule has 0 aliphatic heterocycles. The first kappa shape index (κ1) is 23.1. The van der Waals surface area contributed by atoms with Crippen molar-refractivity contribution in [3.63, 3.8) is 0 Å². The number of nitrogens with zero attached hydrogens (tertiary/aromatic N) is 4. The van der Waals surface area contributed by atoms with Gasteiger partial charge in [0, 0.05) is 11.1 Å². The van der Waals surface area contributed by atoms with Crippen molar-refractivity contribution in [1.29, 1.82) is 0 Å². The quantitative estimate of drug-likeness (QED) is 0.278. The monoisotopic (exact) mass is 406 g/mol. The minimum Gasteiger partial charge on any atom is -0.399 e. The van der Waals surface area contributed by atoms with E-state index in [0.29, 0.717) is 6.61 Å². The SMILES string of the molecule is CON=C(C)c1cccc(CCCON=C(C)c2cccc(C#CC(C)(C)C)n2)n1. The molecule has 2 rings (SSSR count). The third kappa shape index (κ3) is 8.04. The molecule has 0 spiro atoms. The molecule has 0 aliphatic rings. The maximum atomic E-state index is 5.48. The van der Waals surface area contributed by atoms with Crippen molar-refractivity contribution in [1.82, 2.24) is 9.97 Å². The van der Waals surface area contributed by atoms with Gasteiger partial charge in [0.1, 0.15) is 30.8 Å². The Morgan fingerprint density at radius 1 is 0.967 bits per heavy atom. The van der Waals surface area contributed by atoms with Crippen LogP contribution in [-0.4, -0.2) is 35.1 Å². The fourth-order valence-electron chi connectivity index (χ4n) is 2.47. The maximum Gasteiger partial charge on any atom is 0.117 e. The molecule has 6 nitrogen and oxygen atoms in total. The van der Waals surface area contributed by atoms with Crippen LogP contribution in [0.25, 0.3) is 0 Å². The summed E-state index contributed by atoms with van der Waals surface area (Å²) in [6, 6.07) is 11.6. The predicted octanol–water partition coefficient (Wildman–Crippen LogP) is 4.62. The third-order valence-electron chi connectivity index (χ3n) is 3.96. The van der Waals surface area contributed by atoms with Crippen LogP contribution >= 0.6 is 0 Å². The molecular formula is C24H30N4O2. The van der Waals surface area contributed by atoms with E-state index in [0.717, 1.165) is 47.0 Å². The number of hydrogen-bond acceptors (Lipinski definition) is 6. The van der Waals surface area contributed by atoms with Gasteiger partial charge in [-0.3, -0.25) is 4.98 Å². The molecule has 0 aromatic carbocycles. The van der Waals surface area contributed by atoms with Crippen LogP contribution in [0.15, 0.2) is 46.7 Å². The maximum absolute atomic E-state index is 5.48. The molecular weight excluding hydrogens is 376 g/mol. The van der Waals surface area contributed by atoms with E-state index in [9.17, 15) is 0 Å². The number of hydrogen-bond donors (Lipinski definition) is 0. The van der Waals surface area contributed by atoms with Gasteiger partial charge in [-0.1, -0.05) is 28.4 Å². The predicted molar refractivity (Wildman–Crippen MR) is 121 cm³/mol. The molecule has 2 aromatic rings. The lowest BCUT2D eigenvalue weighted by molar-refractivity contribution is 0.141. The highest BCUT2D eigenvalue weighted by Crippen LogP contribution is 2.11. The van der Waals surface area contributed by atoms with Gasteiger partial charge in [0.15, 0.2) is 0 Å². The van der Waals surface area contributed by atoms with Crippen LogP contribution in [0.2, 0.25) is 0 Å². The van der Waals surface area contributed by atoms with E-state index in [2.05, 4.69) is 52.9 Å². The molecule has 0 amide bonds. The van der Waals surface area contributed by atoms with Gasteiger partial charge in [-0.05, 0) is 77.6 Å². The summed E-state index contributed by atoms with van der Waals surface area (Å²) in [6.07, 6.45) is 1.59. The number of oxime groups is 2. The molecule has 0 N–H and O–H groups in total. The van der Waals surface area contributed by atoms with Crippen LogP contribution in [0, 0.1) is 17.3 Å². The Morgan fingerprint density at radius 2 is 1.63 bits per heavy atom. The topological polar surface area (TPSA) is 69.0 Å². The van der Waals surface area contributed by atoms with Crippen molar-refractivity contribution >= 4 is 11.4 Å². The smallest absolute Gasteiger partial charge is 0.117 e. The summed E-state index contributed by atoms with van der Waals surface area (Å²) in [6.45, 7) is 10.5. The zero-order valence-corrected chi connectivity index (χ0v) is 18.7. The molecule has 0 radical (unpaired) electrons. The number of aromatic nitrogens is 2. The summed E-state index contributed by atoms with van der Waals surface area (Å²) in [7, 11) is 1.53. The van der Waals surface area contributed by atoms with Crippen LogP contribution in [0.4, 0.5) is 0 Å². The van der Waals surface area contributed by atoms with Gasteiger partial charge in [0.25, 0.3) is 0 Å². The van der Waals surface area contributed by atoms with Crippen molar-refractivity contribution in [3.8, 4) is 11.8 Å². The molecule has 0 atom stereocenters. The van der Waals surface area contributed by atoms with Gasteiger partial charge in [-0.25, -0.2) is 4.98 Å². The Kier molecular flexibility index (Phi) is 8.54. The average molecular weight is 407 g/mol. The first-order valence-electron chi connectivity index (χ1n) is 10.00. The molecule has 0 fully saturated rings. The van der Waals surface area contributed by atoms with Crippen LogP contribution in [0.3, 0.4) is 0 Å². The Bertz CT molecular complexity index is 963.